The third-order valence-electron chi connectivity index (χ3n) is 3.76. The fourth-order valence-electron chi connectivity index (χ4n) is 2.58. The Morgan fingerprint density at radius 3 is 2.65 bits per heavy atom. The first-order valence-corrected chi connectivity index (χ1v) is 9.57. The first-order chi connectivity index (χ1) is 9.37. The van der Waals surface area contributed by atoms with E-state index in [2.05, 4.69) is 0 Å². The van der Waals surface area contributed by atoms with Gasteiger partial charge in [0.2, 0.25) is 5.91 Å². The quantitative estimate of drug-likeness (QED) is 0.797. The molecule has 0 radical (unpaired) electrons. The Labute approximate surface area is 122 Å². The van der Waals surface area contributed by atoms with Crippen LogP contribution in [-0.2, 0) is 19.4 Å². The third-order valence-corrected chi connectivity index (χ3v) is 7.02. The molecule has 2 atom stereocenters. The van der Waals surface area contributed by atoms with E-state index < -0.39 is 21.7 Å². The van der Waals surface area contributed by atoms with Crippen LogP contribution in [0.25, 0.3) is 0 Å². The predicted molar refractivity (Wildman–Crippen MR) is 76.5 cm³/mol. The number of carboxylic acid groups (broad SMARTS) is 1. The van der Waals surface area contributed by atoms with E-state index in [1.54, 1.807) is 4.90 Å². The maximum atomic E-state index is 12.0. The molecular weight excluding hydrogens is 302 g/mol. The second-order valence-corrected chi connectivity index (χ2v) is 8.87. The summed E-state index contributed by atoms with van der Waals surface area (Å²) in [5, 5.41) is 8.99. The number of likely N-dealkylation sites (tertiary alicyclic amines) is 1. The summed E-state index contributed by atoms with van der Waals surface area (Å²) < 4.78 is 22.7. The van der Waals surface area contributed by atoms with Crippen molar-refractivity contribution in [2.24, 2.45) is 5.92 Å². The van der Waals surface area contributed by atoms with Crippen LogP contribution in [0.4, 0.5) is 0 Å². The lowest BCUT2D eigenvalue weighted by Gasteiger charge is -2.30. The van der Waals surface area contributed by atoms with E-state index in [4.69, 9.17) is 5.11 Å². The number of rotatable bonds is 4. The van der Waals surface area contributed by atoms with Gasteiger partial charge >= 0.3 is 5.97 Å². The zero-order valence-electron chi connectivity index (χ0n) is 11.2. The van der Waals surface area contributed by atoms with Gasteiger partial charge in [0.1, 0.15) is 0 Å². The molecular formula is C12H19NO5S2. The van der Waals surface area contributed by atoms with Crippen LogP contribution in [0.2, 0.25) is 0 Å². The Morgan fingerprint density at radius 2 is 2.05 bits per heavy atom. The normalized spacial score (nSPS) is 29.3. The Bertz CT molecular complexity index is 490. The van der Waals surface area contributed by atoms with Crippen LogP contribution in [0.1, 0.15) is 19.3 Å². The Balaban J connectivity index is 1.79. The van der Waals surface area contributed by atoms with Crippen molar-refractivity contribution in [3.05, 3.63) is 0 Å². The van der Waals surface area contributed by atoms with E-state index in [-0.39, 0.29) is 35.0 Å². The highest BCUT2D eigenvalue weighted by molar-refractivity contribution is 8.02. The van der Waals surface area contributed by atoms with E-state index in [0.717, 1.165) is 0 Å². The average Bonchev–Trinajstić information content (AvgIpc) is 2.75. The highest BCUT2D eigenvalue weighted by Gasteiger charge is 2.31. The minimum Gasteiger partial charge on any atom is -0.481 e. The topological polar surface area (TPSA) is 91.8 Å². The molecule has 0 aromatic rings. The van der Waals surface area contributed by atoms with Gasteiger partial charge in [-0.15, -0.1) is 11.8 Å². The fourth-order valence-corrected chi connectivity index (χ4v) is 6.12. The number of aliphatic carboxylic acids is 1. The smallest absolute Gasteiger partial charge is 0.308 e. The number of sulfone groups is 1. The summed E-state index contributed by atoms with van der Waals surface area (Å²) in [7, 11) is -2.91. The summed E-state index contributed by atoms with van der Waals surface area (Å²) in [5.41, 5.74) is 0. The third kappa shape index (κ3) is 4.12. The van der Waals surface area contributed by atoms with Gasteiger partial charge in [-0.3, -0.25) is 9.59 Å². The van der Waals surface area contributed by atoms with Crippen LogP contribution >= 0.6 is 11.8 Å². The molecule has 0 bridgehead atoms. The molecule has 1 unspecified atom stereocenters. The summed E-state index contributed by atoms with van der Waals surface area (Å²) in [6.45, 7) is 0.879. The number of carboxylic acids is 1. The number of thioether (sulfide) groups is 1. The molecule has 0 aromatic carbocycles. The molecule has 114 valence electrons. The summed E-state index contributed by atoms with van der Waals surface area (Å²) in [6.07, 6.45) is 1.94. The average molecular weight is 321 g/mol. The van der Waals surface area contributed by atoms with Crippen LogP contribution in [0.3, 0.4) is 0 Å². The molecule has 2 fully saturated rings. The van der Waals surface area contributed by atoms with Crippen LogP contribution in [-0.4, -0.2) is 65.9 Å². The first-order valence-electron chi connectivity index (χ1n) is 6.70. The highest BCUT2D eigenvalue weighted by Crippen LogP contribution is 2.25. The molecule has 2 rings (SSSR count). The number of hydrogen-bond acceptors (Lipinski definition) is 5. The van der Waals surface area contributed by atoms with E-state index in [1.807, 2.05) is 0 Å². The molecule has 2 aliphatic heterocycles. The van der Waals surface area contributed by atoms with Crippen molar-refractivity contribution in [3.8, 4) is 0 Å². The van der Waals surface area contributed by atoms with Gasteiger partial charge in [-0.2, -0.15) is 0 Å². The lowest BCUT2D eigenvalue weighted by molar-refractivity contribution is -0.145. The summed E-state index contributed by atoms with van der Waals surface area (Å²) in [5.74, 6) is -0.786. The van der Waals surface area contributed by atoms with E-state index in [1.165, 1.54) is 11.8 Å². The van der Waals surface area contributed by atoms with Crippen LogP contribution < -0.4 is 0 Å². The van der Waals surface area contributed by atoms with Crippen molar-refractivity contribution in [2.45, 2.75) is 24.5 Å². The fraction of sp³-hybridized carbons (Fsp3) is 0.833. The maximum absolute atomic E-state index is 12.0. The van der Waals surface area contributed by atoms with E-state index in [0.29, 0.717) is 25.8 Å². The summed E-state index contributed by atoms with van der Waals surface area (Å²) in [6, 6.07) is 0. The number of carbonyl (C=O) groups is 2. The minimum absolute atomic E-state index is 0.00371. The lowest BCUT2D eigenvalue weighted by Crippen LogP contribution is -2.43. The van der Waals surface area contributed by atoms with Gasteiger partial charge in [0.05, 0.1) is 23.2 Å². The molecule has 0 spiro atoms. The Morgan fingerprint density at radius 1 is 1.30 bits per heavy atom. The number of hydrogen-bond donors (Lipinski definition) is 1. The Kier molecular flexibility index (Phi) is 4.95. The predicted octanol–water partition coefficient (Wildman–Crippen LogP) is 0.230. The zero-order valence-corrected chi connectivity index (χ0v) is 12.8. The van der Waals surface area contributed by atoms with Crippen molar-refractivity contribution in [3.63, 3.8) is 0 Å². The standard InChI is InChI=1S/C12H19NO5S2/c14-11(7-19-10-3-5-20(17,18)8-10)13-4-1-2-9(6-13)12(15)16/h9-10H,1-8H2,(H,15,16)/t9-,10?/m1/s1. The molecule has 0 aliphatic carbocycles. The van der Waals surface area contributed by atoms with Gasteiger partial charge in [-0.05, 0) is 19.3 Å². The van der Waals surface area contributed by atoms with Gasteiger partial charge in [0, 0.05) is 18.3 Å². The molecule has 1 amide bonds. The van der Waals surface area contributed by atoms with Crippen molar-refractivity contribution >= 4 is 33.5 Å². The van der Waals surface area contributed by atoms with E-state index >= 15 is 0 Å². The van der Waals surface area contributed by atoms with Gasteiger partial charge in [0.25, 0.3) is 0 Å². The molecule has 6 nitrogen and oxygen atoms in total. The SMILES string of the molecule is O=C(O)[C@@H]1CCCN(C(=O)CSC2CCS(=O)(=O)C2)C1. The second-order valence-electron chi connectivity index (χ2n) is 5.35. The van der Waals surface area contributed by atoms with E-state index in [9.17, 15) is 18.0 Å². The van der Waals surface area contributed by atoms with Crippen molar-refractivity contribution < 1.29 is 23.1 Å². The molecule has 1 N–H and O–H groups in total. The molecule has 0 saturated carbocycles. The molecule has 0 aromatic heterocycles. The monoisotopic (exact) mass is 321 g/mol. The van der Waals surface area contributed by atoms with Gasteiger partial charge < -0.3 is 10.0 Å². The summed E-state index contributed by atoms with van der Waals surface area (Å²) in [4.78, 5) is 24.6. The highest BCUT2D eigenvalue weighted by atomic mass is 32.2. The largest absolute Gasteiger partial charge is 0.481 e. The van der Waals surface area contributed by atoms with Crippen molar-refractivity contribution in [1.82, 2.24) is 4.90 Å². The lowest BCUT2D eigenvalue weighted by atomic mass is 9.98. The molecule has 2 aliphatic rings. The molecule has 2 saturated heterocycles. The summed E-state index contributed by atoms with van der Waals surface area (Å²) >= 11 is 1.38. The molecule has 2 heterocycles. The van der Waals surface area contributed by atoms with Crippen LogP contribution in [0, 0.1) is 5.92 Å². The second kappa shape index (κ2) is 6.34. The number of amides is 1. The first kappa shape index (κ1) is 15.6. The Hall–Kier alpha value is -0.760. The van der Waals surface area contributed by atoms with Crippen LogP contribution in [0.5, 0.6) is 0 Å². The number of carbonyl (C=O) groups excluding carboxylic acids is 1. The molecule has 20 heavy (non-hydrogen) atoms. The van der Waals surface area contributed by atoms with Crippen molar-refractivity contribution in [2.75, 3.05) is 30.3 Å². The van der Waals surface area contributed by atoms with Gasteiger partial charge in [-0.25, -0.2) is 8.42 Å². The van der Waals surface area contributed by atoms with Crippen LogP contribution in [0.15, 0.2) is 0 Å². The number of piperidine rings is 1. The zero-order chi connectivity index (χ0) is 14.8. The minimum atomic E-state index is -2.91. The number of nitrogens with zero attached hydrogens (tertiary/aromatic N) is 1. The van der Waals surface area contributed by atoms with Gasteiger partial charge in [0.15, 0.2) is 9.84 Å². The van der Waals surface area contributed by atoms with Crippen molar-refractivity contribution in [1.29, 1.82) is 0 Å². The maximum Gasteiger partial charge on any atom is 0.308 e. The molecule has 8 heteroatoms. The van der Waals surface area contributed by atoms with Gasteiger partial charge in [-0.1, -0.05) is 0 Å².